The topological polar surface area (TPSA) is 0 Å². The third kappa shape index (κ3) is 332. The molecule has 0 spiro atoms. The van der Waals surface area contributed by atoms with E-state index in [0.29, 0.717) is 0 Å². The van der Waals surface area contributed by atoms with Crippen LogP contribution in [0.2, 0.25) is 0 Å². The minimum absolute atomic E-state index is 0. The molecule has 0 bridgehead atoms. The zero-order valence-corrected chi connectivity index (χ0v) is 36.5. The molecular formula is C5H12Al2Br16. The van der Waals surface area contributed by atoms with Crippen LogP contribution >= 0.6 is 244 Å². The lowest BCUT2D eigenvalue weighted by Crippen LogP contribution is -1.75. The number of hydrogen-bond donors (Lipinski definition) is 0. The van der Waals surface area contributed by atoms with Crippen LogP contribution in [0.3, 0.4) is 0 Å². The Morgan fingerprint density at radius 3 is 0.522 bits per heavy atom. The highest BCUT2D eigenvalue weighted by Crippen LogP contribution is 2.39. The molecule has 0 fully saturated rings. The second-order valence-corrected chi connectivity index (χ2v) is 65.0. The average molecular weight is 1410 g/mol. The molecule has 0 unspecified atom stereocenters. The molecule has 0 aromatic carbocycles. The van der Waals surface area contributed by atoms with Gasteiger partial charge in [-0.15, -0.1) is 0 Å². The fourth-order valence-corrected chi connectivity index (χ4v) is 0. The first-order valence-electron chi connectivity index (χ1n) is 3.37. The Bertz CT molecular complexity index is 124. The smallest absolute Gasteiger partial charge is 0.181 e. The van der Waals surface area contributed by atoms with E-state index in [4.69, 9.17) is 0 Å². The van der Waals surface area contributed by atoms with Crippen molar-refractivity contribution < 1.29 is 1.43 Å². The van der Waals surface area contributed by atoms with E-state index in [1.807, 2.05) is 0 Å². The highest BCUT2D eigenvalue weighted by atomic mass is 80.0. The highest BCUT2D eigenvalue weighted by Gasteiger charge is 2.08. The van der Waals surface area contributed by atoms with Crippen molar-refractivity contribution in [1.82, 2.24) is 0 Å². The van der Waals surface area contributed by atoms with Crippen molar-refractivity contribution in [3.05, 3.63) is 0 Å². The molecule has 0 saturated carbocycles. The Hall–Kier alpha value is 8.74. The lowest BCUT2D eigenvalue weighted by molar-refractivity contribution is 2.14. The summed E-state index contributed by atoms with van der Waals surface area (Å²) >= 11 is 50.6. The van der Waals surface area contributed by atoms with E-state index in [9.17, 15) is 0 Å². The zero-order chi connectivity index (χ0) is 18.8. The van der Waals surface area contributed by atoms with Crippen LogP contribution in [-0.2, 0) is 0 Å². The van der Waals surface area contributed by atoms with Crippen LogP contribution in [0.25, 0.3) is 0 Å². The predicted octanol–water partition coefficient (Wildman–Crippen LogP) is 13.9. The molecule has 0 N–H and O–H groups in total. The van der Waals surface area contributed by atoms with Crippen LogP contribution in [0.15, 0.2) is 0 Å². The highest BCUT2D eigenvalue weighted by molar-refractivity contribution is 9.70. The van der Waals surface area contributed by atoms with Gasteiger partial charge in [0.2, 0.25) is 0 Å². The monoisotopic (exact) mass is 1390 g/mol. The molecule has 0 amide bonds. The molecule has 0 nitrogen and oxygen atoms in total. The maximum atomic E-state index is 3.24. The number of halogens is 16. The van der Waals surface area contributed by atoms with Crippen molar-refractivity contribution in [1.29, 1.82) is 0 Å². The minimum Gasteiger partial charge on any atom is -0.181 e. The summed E-state index contributed by atoms with van der Waals surface area (Å²) in [6, 6.07) is 0. The van der Waals surface area contributed by atoms with Crippen LogP contribution in [0.1, 0.15) is 16.3 Å². The molecule has 0 aromatic rings. The van der Waals surface area contributed by atoms with Crippen molar-refractivity contribution in [3.8, 4) is 0 Å². The van der Waals surface area contributed by atoms with Crippen LogP contribution in [0.5, 0.6) is 0 Å². The Morgan fingerprint density at radius 1 is 0.522 bits per heavy atom. The third-order valence-corrected chi connectivity index (χ3v) is 0. The van der Waals surface area contributed by atoms with E-state index in [-0.39, 0.29) is 22.6 Å². The summed E-state index contributed by atoms with van der Waals surface area (Å²) in [7, 11) is -1.40. The third-order valence-electron chi connectivity index (χ3n) is 0. The number of hydrogen-bond acceptors (Lipinski definition) is 0. The molecule has 0 heterocycles. The molecular weight excluding hydrogens is 1390 g/mol. The second kappa shape index (κ2) is 38.0. The van der Waals surface area contributed by atoms with Crippen molar-refractivity contribution in [2.24, 2.45) is 0 Å². The van der Waals surface area contributed by atoms with Gasteiger partial charge in [-0.25, -0.2) is 0 Å². The molecule has 0 aliphatic rings. The van der Waals surface area contributed by atoms with E-state index in [2.05, 4.69) is 244 Å². The molecule has 0 saturated heterocycles. The first-order chi connectivity index (χ1) is 8.93. The largest absolute Gasteiger partial charge is 0.542 e. The van der Waals surface area contributed by atoms with E-state index >= 15 is 0 Å². The zero-order valence-electron chi connectivity index (χ0n) is 8.86. The Morgan fingerprint density at radius 2 is 0.522 bits per heavy atom. The summed E-state index contributed by atoms with van der Waals surface area (Å²) in [5.41, 5.74) is 0. The van der Waals surface area contributed by atoms with Gasteiger partial charge in [0.25, 0.3) is 0 Å². The SMILES string of the molecule is BrC(Br)(Br)Br.BrC(Br)Br.BrC(Br)Br.C.C.[2HH].[Br][Al]([Br])[Br].[Br][Al]([Br])[Br]. The standard InChI is InChI=1S/CBr4.2CHBr3.2CH4.2Al.6BrH.H2/c2-1(3,4)5;2*2-1(3)4;;;;;;;;;;;/h;2*1H;2*1H4;;;7*1H/q;;;;;2*+3;;;;;;;/p-6/i;;;;;;;;;;;;;1+1. The van der Waals surface area contributed by atoms with E-state index in [1.165, 1.54) is 0 Å². The van der Waals surface area contributed by atoms with Gasteiger partial charge in [-0.2, -0.15) is 84.3 Å². The molecule has 18 heteroatoms. The number of rotatable bonds is 0. The van der Waals surface area contributed by atoms with Gasteiger partial charge in [0.15, 0.2) is 1.05 Å². The van der Waals surface area contributed by atoms with Gasteiger partial charge >= 0.3 is 17.3 Å². The van der Waals surface area contributed by atoms with Gasteiger partial charge in [-0.05, 0) is 63.7 Å². The first kappa shape index (κ1) is 49.0. The summed E-state index contributed by atoms with van der Waals surface area (Å²) in [5, 5.41) is 0. The van der Waals surface area contributed by atoms with Gasteiger partial charge < -0.3 is 0 Å². The van der Waals surface area contributed by atoms with E-state index in [0.717, 1.165) is 0 Å². The van der Waals surface area contributed by atoms with Crippen molar-refractivity contribution in [2.75, 3.05) is 0 Å². The molecule has 0 aliphatic carbocycles. The first-order valence-corrected chi connectivity index (χ1v) is 31.1. The molecule has 0 aromatic heterocycles. The Balaban J connectivity index is -0.0000000216. The molecule has 23 heavy (non-hydrogen) atoms. The molecule has 0 aliphatic heterocycles. The van der Waals surface area contributed by atoms with Gasteiger partial charge in [-0.1, -0.05) is 110 Å². The van der Waals surface area contributed by atoms with Gasteiger partial charge in [-0.3, -0.25) is 0 Å². The lowest BCUT2D eigenvalue weighted by Gasteiger charge is -1.93. The quantitative estimate of drug-likeness (QED) is 0.168. The van der Waals surface area contributed by atoms with Crippen LogP contribution in [0.4, 0.5) is 0 Å². The average Bonchev–Trinajstić information content (AvgIpc) is 1.91. The van der Waals surface area contributed by atoms with Gasteiger partial charge in [0.1, 0.15) is 5.29 Å². The molecule has 0 rings (SSSR count). The van der Waals surface area contributed by atoms with Crippen LogP contribution in [-0.4, -0.2) is 23.7 Å². The lowest BCUT2D eigenvalue weighted by atomic mass is 12.0. The molecule has 0 atom stereocenters. The summed E-state index contributed by atoms with van der Waals surface area (Å²) < 4.78 is 0.292. The van der Waals surface area contributed by atoms with Crippen molar-refractivity contribution in [2.45, 2.75) is 21.2 Å². The summed E-state index contributed by atoms with van der Waals surface area (Å²) in [6.07, 6.45) is 0. The van der Waals surface area contributed by atoms with Crippen molar-refractivity contribution in [3.63, 3.8) is 0 Å². The fourth-order valence-electron chi connectivity index (χ4n) is 0. The van der Waals surface area contributed by atoms with Gasteiger partial charge in [0.05, 0.1) is 0 Å². The van der Waals surface area contributed by atoms with Crippen LogP contribution < -0.4 is 0 Å². The maximum Gasteiger partial charge on any atom is 0.542 e. The Labute approximate surface area is 276 Å². The summed E-state index contributed by atoms with van der Waals surface area (Å²) in [4.78, 5) is 0. The normalized spacial score (nSPS) is 8.09. The minimum atomic E-state index is -0.701. The van der Waals surface area contributed by atoms with Gasteiger partial charge in [0, 0.05) is 1.43 Å². The van der Waals surface area contributed by atoms with Crippen molar-refractivity contribution >= 4 is 261 Å². The summed E-state index contributed by atoms with van der Waals surface area (Å²) in [6.45, 7) is 0. The molecule has 0 radical (unpaired) electrons. The summed E-state index contributed by atoms with van der Waals surface area (Å²) in [5.74, 6) is 0. The fraction of sp³-hybridized carbons (Fsp3) is 1.00. The predicted molar refractivity (Wildman–Crippen MR) is 180 cm³/mol. The maximum absolute atomic E-state index is 3.24. The van der Waals surface area contributed by atoms with Crippen LogP contribution in [0, 0.1) is 0 Å². The molecule has 150 valence electrons. The van der Waals surface area contributed by atoms with E-state index < -0.39 is 17.3 Å². The van der Waals surface area contributed by atoms with E-state index in [1.54, 1.807) is 0 Å². The second-order valence-electron chi connectivity index (χ2n) is 1.42. The number of alkyl halides is 10. The Kier molecular flexibility index (Phi) is 81.0.